The Balaban J connectivity index is 2.02. The van der Waals surface area contributed by atoms with Crippen molar-refractivity contribution in [2.75, 3.05) is 6.54 Å². The van der Waals surface area contributed by atoms with Gasteiger partial charge in [-0.25, -0.2) is 4.98 Å². The molecule has 1 aliphatic rings. The zero-order valence-corrected chi connectivity index (χ0v) is 10.3. The van der Waals surface area contributed by atoms with Crippen molar-refractivity contribution in [2.45, 2.75) is 26.7 Å². The molecule has 1 aromatic heterocycles. The molecule has 1 fully saturated rings. The fourth-order valence-corrected chi connectivity index (χ4v) is 1.80. The van der Waals surface area contributed by atoms with Crippen LogP contribution < -0.4 is 5.32 Å². The smallest absolute Gasteiger partial charge is 0.251 e. The van der Waals surface area contributed by atoms with Gasteiger partial charge in [-0.15, -0.1) is 0 Å². The van der Waals surface area contributed by atoms with Gasteiger partial charge in [-0.05, 0) is 37.3 Å². The molecule has 0 bridgehead atoms. The summed E-state index contributed by atoms with van der Waals surface area (Å²) in [4.78, 5) is 15.8. The normalized spacial score (nSPS) is 16.9. The number of nitrogens with one attached hydrogen (secondary N) is 1. The standard InChI is InChI=1S/C12H15ClN2O/c1-8-5-9(6-10(13)15-8)11(16)14-7-12(2)3-4-12/h5-6H,3-4,7H2,1-2H3,(H,14,16). The number of hydrogen-bond donors (Lipinski definition) is 1. The summed E-state index contributed by atoms with van der Waals surface area (Å²) in [6, 6.07) is 3.34. The summed E-state index contributed by atoms with van der Waals surface area (Å²) in [5.74, 6) is -0.0690. The van der Waals surface area contributed by atoms with Gasteiger partial charge in [0.05, 0.1) is 0 Å². The van der Waals surface area contributed by atoms with Crippen LogP contribution in [0.15, 0.2) is 12.1 Å². The minimum Gasteiger partial charge on any atom is -0.351 e. The highest BCUT2D eigenvalue weighted by Gasteiger charge is 2.37. The van der Waals surface area contributed by atoms with E-state index in [0.29, 0.717) is 16.1 Å². The van der Waals surface area contributed by atoms with E-state index in [0.717, 1.165) is 12.2 Å². The van der Waals surface area contributed by atoms with E-state index in [9.17, 15) is 4.79 Å². The number of carbonyl (C=O) groups excluding carboxylic acids is 1. The number of aromatic nitrogens is 1. The first-order valence-corrected chi connectivity index (χ1v) is 5.79. The Hall–Kier alpha value is -1.09. The Morgan fingerprint density at radius 1 is 1.56 bits per heavy atom. The van der Waals surface area contributed by atoms with Crippen LogP contribution in [0.1, 0.15) is 35.8 Å². The van der Waals surface area contributed by atoms with Crippen molar-refractivity contribution in [1.82, 2.24) is 10.3 Å². The predicted octanol–water partition coefficient (Wildman–Crippen LogP) is 2.57. The Morgan fingerprint density at radius 2 is 2.25 bits per heavy atom. The van der Waals surface area contributed by atoms with Crippen LogP contribution in [0.5, 0.6) is 0 Å². The molecule has 0 aliphatic heterocycles. The van der Waals surface area contributed by atoms with Crippen LogP contribution >= 0.6 is 11.6 Å². The molecule has 4 heteroatoms. The maximum absolute atomic E-state index is 11.8. The first-order valence-electron chi connectivity index (χ1n) is 5.41. The van der Waals surface area contributed by atoms with E-state index >= 15 is 0 Å². The first-order chi connectivity index (χ1) is 7.48. The summed E-state index contributed by atoms with van der Waals surface area (Å²) < 4.78 is 0. The predicted molar refractivity (Wildman–Crippen MR) is 63.7 cm³/mol. The molecule has 0 atom stereocenters. The van der Waals surface area contributed by atoms with E-state index in [-0.39, 0.29) is 5.91 Å². The number of amides is 1. The average Bonchev–Trinajstić information content (AvgIpc) is 2.92. The molecule has 2 rings (SSSR count). The van der Waals surface area contributed by atoms with Gasteiger partial charge in [0.1, 0.15) is 5.15 Å². The third-order valence-electron chi connectivity index (χ3n) is 2.96. The van der Waals surface area contributed by atoms with Crippen molar-refractivity contribution in [3.8, 4) is 0 Å². The van der Waals surface area contributed by atoms with Crippen molar-refractivity contribution in [1.29, 1.82) is 0 Å². The highest BCUT2D eigenvalue weighted by atomic mass is 35.5. The first kappa shape index (κ1) is 11.4. The van der Waals surface area contributed by atoms with E-state index in [2.05, 4.69) is 17.2 Å². The second-order valence-corrected chi connectivity index (χ2v) is 5.20. The second-order valence-electron chi connectivity index (χ2n) is 4.81. The number of pyridine rings is 1. The van der Waals surface area contributed by atoms with E-state index in [4.69, 9.17) is 11.6 Å². The molecule has 1 aromatic rings. The van der Waals surface area contributed by atoms with Gasteiger partial charge in [0.2, 0.25) is 0 Å². The molecule has 1 amide bonds. The summed E-state index contributed by atoms with van der Waals surface area (Å²) in [6.07, 6.45) is 2.40. The Bertz CT molecular complexity index is 407. The summed E-state index contributed by atoms with van der Waals surface area (Å²) in [6.45, 7) is 4.74. The van der Waals surface area contributed by atoms with Crippen LogP contribution in [-0.2, 0) is 0 Å². The van der Waals surface area contributed by atoms with Crippen LogP contribution in [0, 0.1) is 12.3 Å². The lowest BCUT2D eigenvalue weighted by Crippen LogP contribution is -2.29. The van der Waals surface area contributed by atoms with Crippen LogP contribution in [-0.4, -0.2) is 17.4 Å². The molecule has 1 saturated carbocycles. The van der Waals surface area contributed by atoms with Crippen molar-refractivity contribution >= 4 is 17.5 Å². The molecule has 16 heavy (non-hydrogen) atoms. The monoisotopic (exact) mass is 238 g/mol. The van der Waals surface area contributed by atoms with Crippen molar-refractivity contribution in [2.24, 2.45) is 5.41 Å². The third-order valence-corrected chi connectivity index (χ3v) is 3.16. The Labute approximate surface area is 100 Å². The number of nitrogens with zero attached hydrogens (tertiary/aromatic N) is 1. The lowest BCUT2D eigenvalue weighted by Gasteiger charge is -2.10. The molecule has 1 aliphatic carbocycles. The van der Waals surface area contributed by atoms with Gasteiger partial charge in [0.15, 0.2) is 0 Å². The minimum absolute atomic E-state index is 0.0690. The average molecular weight is 239 g/mol. The van der Waals surface area contributed by atoms with Crippen LogP contribution in [0.3, 0.4) is 0 Å². The van der Waals surface area contributed by atoms with Gasteiger partial charge in [-0.3, -0.25) is 4.79 Å². The lowest BCUT2D eigenvalue weighted by atomic mass is 10.1. The molecule has 0 spiro atoms. The molecule has 0 unspecified atom stereocenters. The molecular weight excluding hydrogens is 224 g/mol. The zero-order chi connectivity index (χ0) is 11.8. The fourth-order valence-electron chi connectivity index (χ4n) is 1.55. The van der Waals surface area contributed by atoms with Crippen molar-refractivity contribution in [3.05, 3.63) is 28.5 Å². The molecular formula is C12H15ClN2O. The summed E-state index contributed by atoms with van der Waals surface area (Å²) in [7, 11) is 0. The van der Waals surface area contributed by atoms with Gasteiger partial charge in [-0.2, -0.15) is 0 Å². The van der Waals surface area contributed by atoms with Crippen LogP contribution in [0.4, 0.5) is 0 Å². The van der Waals surface area contributed by atoms with Crippen LogP contribution in [0.2, 0.25) is 5.15 Å². The zero-order valence-electron chi connectivity index (χ0n) is 9.51. The van der Waals surface area contributed by atoms with E-state index in [1.165, 1.54) is 12.8 Å². The number of aryl methyl sites for hydroxylation is 1. The topological polar surface area (TPSA) is 42.0 Å². The van der Waals surface area contributed by atoms with E-state index in [1.54, 1.807) is 12.1 Å². The SMILES string of the molecule is Cc1cc(C(=O)NCC2(C)CC2)cc(Cl)n1. The third kappa shape index (κ3) is 2.73. The number of carbonyl (C=O) groups is 1. The largest absolute Gasteiger partial charge is 0.351 e. The molecule has 0 saturated heterocycles. The number of halogens is 1. The Morgan fingerprint density at radius 3 is 2.81 bits per heavy atom. The maximum Gasteiger partial charge on any atom is 0.251 e. The van der Waals surface area contributed by atoms with Gasteiger partial charge in [0.25, 0.3) is 5.91 Å². The highest BCUT2D eigenvalue weighted by molar-refractivity contribution is 6.29. The molecule has 1 N–H and O–H groups in total. The summed E-state index contributed by atoms with van der Waals surface area (Å²) in [5, 5.41) is 3.29. The summed E-state index contributed by atoms with van der Waals surface area (Å²) >= 11 is 5.81. The Kier molecular flexibility index (Phi) is 2.89. The van der Waals surface area contributed by atoms with Crippen molar-refractivity contribution < 1.29 is 4.79 Å². The lowest BCUT2D eigenvalue weighted by molar-refractivity contribution is 0.0946. The minimum atomic E-state index is -0.0690. The highest BCUT2D eigenvalue weighted by Crippen LogP contribution is 2.44. The van der Waals surface area contributed by atoms with Gasteiger partial charge < -0.3 is 5.32 Å². The number of hydrogen-bond acceptors (Lipinski definition) is 2. The van der Waals surface area contributed by atoms with Crippen molar-refractivity contribution in [3.63, 3.8) is 0 Å². The van der Waals surface area contributed by atoms with Gasteiger partial charge in [-0.1, -0.05) is 18.5 Å². The molecule has 3 nitrogen and oxygen atoms in total. The van der Waals surface area contributed by atoms with Gasteiger partial charge in [0, 0.05) is 17.8 Å². The molecule has 0 aromatic carbocycles. The van der Waals surface area contributed by atoms with E-state index < -0.39 is 0 Å². The molecule has 0 radical (unpaired) electrons. The van der Waals surface area contributed by atoms with E-state index in [1.807, 2.05) is 6.92 Å². The molecule has 1 heterocycles. The summed E-state index contributed by atoms with van der Waals surface area (Å²) in [5.41, 5.74) is 1.67. The second kappa shape index (κ2) is 4.06. The van der Waals surface area contributed by atoms with Crippen LogP contribution in [0.25, 0.3) is 0 Å². The fraction of sp³-hybridized carbons (Fsp3) is 0.500. The quantitative estimate of drug-likeness (QED) is 0.823. The number of rotatable bonds is 3. The maximum atomic E-state index is 11.8. The molecule has 86 valence electrons. The van der Waals surface area contributed by atoms with Gasteiger partial charge >= 0.3 is 0 Å².